The van der Waals surface area contributed by atoms with Crippen LogP contribution in [0, 0.1) is 0 Å². The molecule has 2 heterocycles. The average molecular weight is 247 g/mol. The highest BCUT2D eigenvalue weighted by Gasteiger charge is 2.14. The number of aromatic amines is 1. The van der Waals surface area contributed by atoms with Crippen LogP contribution in [0.4, 0.5) is 5.69 Å². The molecule has 0 aliphatic rings. The second-order valence-corrected chi connectivity index (χ2v) is 4.34. The Labute approximate surface area is 103 Å². The molecule has 3 rings (SSSR count). The summed E-state index contributed by atoms with van der Waals surface area (Å²) in [5, 5.41) is 5.83. The van der Waals surface area contributed by atoms with E-state index >= 15 is 0 Å². The topological polar surface area (TPSA) is 59.6 Å². The highest BCUT2D eigenvalue weighted by Crippen LogP contribution is 2.35. The number of nitrogens with zero attached hydrogens (tertiary/aromatic N) is 2. The zero-order valence-electron chi connectivity index (χ0n) is 9.24. The average Bonchev–Trinajstić information content (AvgIpc) is 2.84. The van der Waals surface area contributed by atoms with Gasteiger partial charge in [-0.15, -0.1) is 0 Å². The summed E-state index contributed by atoms with van der Waals surface area (Å²) in [5.41, 5.74) is 9.43. The second kappa shape index (κ2) is 3.53. The minimum Gasteiger partial charge on any atom is -0.396 e. The van der Waals surface area contributed by atoms with Crippen molar-refractivity contribution in [2.24, 2.45) is 7.05 Å². The van der Waals surface area contributed by atoms with Crippen molar-refractivity contribution in [3.05, 3.63) is 35.6 Å². The normalized spacial score (nSPS) is 11.2. The van der Waals surface area contributed by atoms with E-state index in [0.717, 1.165) is 22.2 Å². The molecule has 0 atom stereocenters. The van der Waals surface area contributed by atoms with Crippen LogP contribution in [0.15, 0.2) is 30.6 Å². The van der Waals surface area contributed by atoms with E-state index in [9.17, 15) is 0 Å². The number of hydrogen-bond donors (Lipinski definition) is 2. The van der Waals surface area contributed by atoms with Crippen molar-refractivity contribution in [3.63, 3.8) is 0 Å². The van der Waals surface area contributed by atoms with Crippen molar-refractivity contribution in [3.8, 4) is 11.3 Å². The summed E-state index contributed by atoms with van der Waals surface area (Å²) < 4.78 is 1.75. The molecule has 0 bridgehead atoms. The SMILES string of the molecule is Cn1ncc(N)c1-c1c[nH]c2cccc(Cl)c12. The van der Waals surface area contributed by atoms with Crippen LogP contribution in [-0.4, -0.2) is 14.8 Å². The van der Waals surface area contributed by atoms with E-state index in [2.05, 4.69) is 10.1 Å². The fourth-order valence-corrected chi connectivity index (χ4v) is 2.39. The summed E-state index contributed by atoms with van der Waals surface area (Å²) in [4.78, 5) is 3.19. The number of nitrogens with one attached hydrogen (secondary N) is 1. The Hall–Kier alpha value is -1.94. The summed E-state index contributed by atoms with van der Waals surface area (Å²) in [6, 6.07) is 5.77. The standard InChI is InChI=1S/C12H11ClN4/c1-17-12(9(14)6-16-17)7-5-15-10-4-2-3-8(13)11(7)10/h2-6,15H,14H2,1H3. The first-order chi connectivity index (χ1) is 8.18. The third-order valence-electron chi connectivity index (χ3n) is 2.88. The van der Waals surface area contributed by atoms with Crippen molar-refractivity contribution in [1.82, 2.24) is 14.8 Å². The molecule has 17 heavy (non-hydrogen) atoms. The largest absolute Gasteiger partial charge is 0.396 e. The number of aromatic nitrogens is 3. The molecule has 0 unspecified atom stereocenters. The van der Waals surface area contributed by atoms with E-state index in [1.54, 1.807) is 10.9 Å². The Balaban J connectivity index is 2.39. The summed E-state index contributed by atoms with van der Waals surface area (Å²) in [5.74, 6) is 0. The van der Waals surface area contributed by atoms with Crippen LogP contribution >= 0.6 is 11.6 Å². The molecule has 0 aliphatic carbocycles. The number of nitrogen functional groups attached to an aromatic ring is 1. The number of anilines is 1. The number of H-pyrrole nitrogens is 1. The number of hydrogen-bond acceptors (Lipinski definition) is 2. The first-order valence-corrected chi connectivity index (χ1v) is 5.59. The summed E-state index contributed by atoms with van der Waals surface area (Å²) in [6.45, 7) is 0. The van der Waals surface area contributed by atoms with Gasteiger partial charge in [0.25, 0.3) is 0 Å². The molecule has 4 nitrogen and oxygen atoms in total. The van der Waals surface area contributed by atoms with E-state index in [1.807, 2.05) is 31.4 Å². The number of rotatable bonds is 1. The van der Waals surface area contributed by atoms with E-state index in [1.165, 1.54) is 0 Å². The predicted molar refractivity (Wildman–Crippen MR) is 69.9 cm³/mol. The van der Waals surface area contributed by atoms with Crippen LogP contribution in [0.25, 0.3) is 22.2 Å². The van der Waals surface area contributed by atoms with Gasteiger partial charge in [-0.3, -0.25) is 4.68 Å². The van der Waals surface area contributed by atoms with Gasteiger partial charge in [0.2, 0.25) is 0 Å². The van der Waals surface area contributed by atoms with Gasteiger partial charge in [-0.25, -0.2) is 0 Å². The van der Waals surface area contributed by atoms with Crippen LogP contribution in [0.3, 0.4) is 0 Å². The molecule has 0 fully saturated rings. The Bertz CT molecular complexity index is 676. The van der Waals surface area contributed by atoms with Crippen molar-refractivity contribution < 1.29 is 0 Å². The molecule has 0 aliphatic heterocycles. The second-order valence-electron chi connectivity index (χ2n) is 3.94. The molecule has 0 spiro atoms. The maximum Gasteiger partial charge on any atom is 0.0930 e. The van der Waals surface area contributed by atoms with Gasteiger partial charge in [-0.2, -0.15) is 5.10 Å². The van der Waals surface area contributed by atoms with E-state index < -0.39 is 0 Å². The van der Waals surface area contributed by atoms with Gasteiger partial charge in [0.05, 0.1) is 22.6 Å². The van der Waals surface area contributed by atoms with Crippen LogP contribution in [0.2, 0.25) is 5.02 Å². The predicted octanol–water partition coefficient (Wildman–Crippen LogP) is 2.80. The molecule has 5 heteroatoms. The molecule has 2 aromatic heterocycles. The number of nitrogens with two attached hydrogens (primary N) is 1. The summed E-state index contributed by atoms with van der Waals surface area (Å²) in [7, 11) is 1.86. The number of halogens is 1. The van der Waals surface area contributed by atoms with Crippen LogP contribution in [0.1, 0.15) is 0 Å². The maximum atomic E-state index is 6.23. The fraction of sp³-hybridized carbons (Fsp3) is 0.0833. The Morgan fingerprint density at radius 3 is 2.94 bits per heavy atom. The van der Waals surface area contributed by atoms with Gasteiger partial charge in [0, 0.05) is 29.7 Å². The smallest absolute Gasteiger partial charge is 0.0930 e. The molecular formula is C12H11ClN4. The Morgan fingerprint density at radius 1 is 1.41 bits per heavy atom. The Morgan fingerprint density at radius 2 is 2.24 bits per heavy atom. The lowest BCUT2D eigenvalue weighted by molar-refractivity contribution is 0.776. The number of benzene rings is 1. The third-order valence-corrected chi connectivity index (χ3v) is 3.19. The van der Waals surface area contributed by atoms with Gasteiger partial charge >= 0.3 is 0 Å². The zero-order chi connectivity index (χ0) is 12.0. The molecule has 86 valence electrons. The zero-order valence-corrected chi connectivity index (χ0v) is 9.99. The van der Waals surface area contributed by atoms with Crippen LogP contribution < -0.4 is 5.73 Å². The lowest BCUT2D eigenvalue weighted by Gasteiger charge is -2.03. The van der Waals surface area contributed by atoms with Gasteiger partial charge in [-0.1, -0.05) is 17.7 Å². The molecule has 3 N–H and O–H groups in total. The molecule has 0 radical (unpaired) electrons. The Kier molecular flexibility index (Phi) is 2.12. The van der Waals surface area contributed by atoms with Gasteiger partial charge in [0.1, 0.15) is 0 Å². The van der Waals surface area contributed by atoms with Crippen LogP contribution in [0.5, 0.6) is 0 Å². The molecule has 0 saturated carbocycles. The number of aryl methyl sites for hydroxylation is 1. The summed E-state index contributed by atoms with van der Waals surface area (Å²) >= 11 is 6.23. The molecular weight excluding hydrogens is 236 g/mol. The molecule has 0 saturated heterocycles. The highest BCUT2D eigenvalue weighted by atomic mass is 35.5. The van der Waals surface area contributed by atoms with Crippen LogP contribution in [-0.2, 0) is 7.05 Å². The first kappa shape index (κ1) is 10.2. The van der Waals surface area contributed by atoms with Crippen molar-refractivity contribution >= 4 is 28.2 Å². The molecule has 1 aromatic carbocycles. The van der Waals surface area contributed by atoms with E-state index in [4.69, 9.17) is 17.3 Å². The minimum atomic E-state index is 0.647. The van der Waals surface area contributed by atoms with Crippen molar-refractivity contribution in [2.75, 3.05) is 5.73 Å². The molecule has 3 aromatic rings. The first-order valence-electron chi connectivity index (χ1n) is 5.22. The lowest BCUT2D eigenvalue weighted by Crippen LogP contribution is -1.95. The quantitative estimate of drug-likeness (QED) is 0.694. The third kappa shape index (κ3) is 1.41. The van der Waals surface area contributed by atoms with Crippen molar-refractivity contribution in [1.29, 1.82) is 0 Å². The van der Waals surface area contributed by atoms with Gasteiger partial charge < -0.3 is 10.7 Å². The maximum absolute atomic E-state index is 6.23. The monoisotopic (exact) mass is 246 g/mol. The molecule has 0 amide bonds. The van der Waals surface area contributed by atoms with Gasteiger partial charge in [-0.05, 0) is 12.1 Å². The van der Waals surface area contributed by atoms with E-state index in [-0.39, 0.29) is 0 Å². The summed E-state index contributed by atoms with van der Waals surface area (Å²) in [6.07, 6.45) is 3.55. The number of fused-ring (bicyclic) bond motifs is 1. The highest BCUT2D eigenvalue weighted by molar-refractivity contribution is 6.36. The lowest BCUT2D eigenvalue weighted by atomic mass is 10.1. The van der Waals surface area contributed by atoms with E-state index in [0.29, 0.717) is 10.7 Å². The van der Waals surface area contributed by atoms with Crippen molar-refractivity contribution in [2.45, 2.75) is 0 Å². The fourth-order valence-electron chi connectivity index (χ4n) is 2.11. The van der Waals surface area contributed by atoms with Gasteiger partial charge in [0.15, 0.2) is 0 Å². The minimum absolute atomic E-state index is 0.647.